The van der Waals surface area contributed by atoms with Gasteiger partial charge < -0.3 is 10.2 Å². The van der Waals surface area contributed by atoms with Gasteiger partial charge >= 0.3 is 0 Å². The highest BCUT2D eigenvalue weighted by Crippen LogP contribution is 2.35. The van der Waals surface area contributed by atoms with Gasteiger partial charge in [0.05, 0.1) is 9.40 Å². The maximum atomic E-state index is 13.7. The molecule has 0 atom stereocenters. The molecule has 1 aromatic carbocycles. The van der Waals surface area contributed by atoms with Crippen LogP contribution in [0.25, 0.3) is 0 Å². The van der Waals surface area contributed by atoms with Crippen molar-refractivity contribution in [3.05, 3.63) is 32.5 Å². The van der Waals surface area contributed by atoms with Crippen LogP contribution in [0.15, 0.2) is 16.6 Å². The highest BCUT2D eigenvalue weighted by molar-refractivity contribution is 9.10. The number of nitro groups is 1. The van der Waals surface area contributed by atoms with Crippen LogP contribution < -0.4 is 10.2 Å². The predicted molar refractivity (Wildman–Crippen MR) is 79.7 cm³/mol. The lowest BCUT2D eigenvalue weighted by molar-refractivity contribution is -0.384. The smallest absolute Gasteiger partial charge is 0.293 e. The number of halogens is 2. The first-order valence-corrected chi connectivity index (χ1v) is 7.23. The van der Waals surface area contributed by atoms with Crippen LogP contribution >= 0.6 is 15.9 Å². The van der Waals surface area contributed by atoms with Gasteiger partial charge in [-0.15, -0.1) is 0 Å². The first-order valence-electron chi connectivity index (χ1n) is 6.43. The summed E-state index contributed by atoms with van der Waals surface area (Å²) in [6.45, 7) is 3.46. The molecule has 0 saturated carbocycles. The standard InChI is InChI=1S/C13H17BrFN3O2/c1-13(16-2)3-5-17(6-4-13)11-8-10(15)9(14)7-12(11)18(19)20/h7-8,16H,3-6H2,1-2H3. The molecule has 0 aliphatic carbocycles. The van der Waals surface area contributed by atoms with Gasteiger partial charge in [0.1, 0.15) is 11.5 Å². The first kappa shape index (κ1) is 15.2. The Bertz CT molecular complexity index is 531. The summed E-state index contributed by atoms with van der Waals surface area (Å²) in [7, 11) is 1.91. The summed E-state index contributed by atoms with van der Waals surface area (Å²) in [5, 5.41) is 14.4. The summed E-state index contributed by atoms with van der Waals surface area (Å²) in [6.07, 6.45) is 1.72. The van der Waals surface area contributed by atoms with Crippen LogP contribution in [0.5, 0.6) is 0 Å². The highest BCUT2D eigenvalue weighted by Gasteiger charge is 2.31. The molecule has 0 bridgehead atoms. The van der Waals surface area contributed by atoms with Gasteiger partial charge in [-0.25, -0.2) is 4.39 Å². The molecule has 0 amide bonds. The van der Waals surface area contributed by atoms with Gasteiger partial charge in [-0.05, 0) is 42.7 Å². The summed E-state index contributed by atoms with van der Waals surface area (Å²) in [5.74, 6) is -0.479. The van der Waals surface area contributed by atoms with E-state index >= 15 is 0 Å². The van der Waals surface area contributed by atoms with Crippen molar-refractivity contribution in [1.82, 2.24) is 5.32 Å². The fourth-order valence-corrected chi connectivity index (χ4v) is 2.75. The van der Waals surface area contributed by atoms with Gasteiger partial charge in [0.25, 0.3) is 5.69 Å². The van der Waals surface area contributed by atoms with E-state index in [1.165, 1.54) is 12.1 Å². The van der Waals surface area contributed by atoms with Crippen molar-refractivity contribution >= 4 is 27.3 Å². The minimum Gasteiger partial charge on any atom is -0.366 e. The molecule has 110 valence electrons. The molecule has 7 heteroatoms. The molecule has 0 radical (unpaired) electrons. The molecule has 20 heavy (non-hydrogen) atoms. The van der Waals surface area contributed by atoms with Crippen LogP contribution in [-0.2, 0) is 0 Å². The third kappa shape index (κ3) is 2.93. The number of nitro benzene ring substituents is 1. The molecular weight excluding hydrogens is 329 g/mol. The zero-order valence-corrected chi connectivity index (χ0v) is 13.0. The second kappa shape index (κ2) is 5.65. The zero-order valence-electron chi connectivity index (χ0n) is 11.4. The van der Waals surface area contributed by atoms with Crippen molar-refractivity contribution < 1.29 is 9.31 Å². The monoisotopic (exact) mass is 345 g/mol. The quantitative estimate of drug-likeness (QED) is 0.675. The molecule has 0 unspecified atom stereocenters. The molecule has 1 heterocycles. The summed E-state index contributed by atoms with van der Waals surface area (Å²) < 4.78 is 13.8. The summed E-state index contributed by atoms with van der Waals surface area (Å²) in [6, 6.07) is 2.47. The van der Waals surface area contributed by atoms with Crippen molar-refractivity contribution in [3.63, 3.8) is 0 Å². The maximum absolute atomic E-state index is 13.7. The second-order valence-corrected chi connectivity index (χ2v) is 6.16. The summed E-state index contributed by atoms with van der Waals surface area (Å²) in [4.78, 5) is 12.5. The Hall–Kier alpha value is -1.21. The lowest BCUT2D eigenvalue weighted by Crippen LogP contribution is -2.50. The largest absolute Gasteiger partial charge is 0.366 e. The molecule has 1 aliphatic heterocycles. The molecule has 2 rings (SSSR count). The molecule has 1 saturated heterocycles. The number of piperidine rings is 1. The summed E-state index contributed by atoms with van der Waals surface area (Å²) in [5.41, 5.74) is 0.333. The SMILES string of the molecule is CNC1(C)CCN(c2cc(F)c(Br)cc2[N+](=O)[O-])CC1. The van der Waals surface area contributed by atoms with Crippen LogP contribution in [0, 0.1) is 15.9 Å². The first-order chi connectivity index (χ1) is 9.36. The van der Waals surface area contributed by atoms with E-state index in [0.29, 0.717) is 18.8 Å². The number of benzene rings is 1. The topological polar surface area (TPSA) is 58.4 Å². The Morgan fingerprint density at radius 1 is 1.45 bits per heavy atom. The fourth-order valence-electron chi connectivity index (χ4n) is 2.42. The van der Waals surface area contributed by atoms with Crippen LogP contribution in [0.1, 0.15) is 19.8 Å². The Morgan fingerprint density at radius 3 is 2.55 bits per heavy atom. The molecule has 1 N–H and O–H groups in total. The van der Waals surface area contributed by atoms with Crippen molar-refractivity contribution in [2.24, 2.45) is 0 Å². The van der Waals surface area contributed by atoms with E-state index in [0.717, 1.165) is 12.8 Å². The Morgan fingerprint density at radius 2 is 2.05 bits per heavy atom. The number of hydrogen-bond acceptors (Lipinski definition) is 4. The van der Waals surface area contributed by atoms with Crippen LogP contribution in [0.2, 0.25) is 0 Å². The van der Waals surface area contributed by atoms with Crippen molar-refractivity contribution in [2.45, 2.75) is 25.3 Å². The molecular formula is C13H17BrFN3O2. The third-order valence-electron chi connectivity index (χ3n) is 4.03. The van der Waals surface area contributed by atoms with Crippen molar-refractivity contribution in [2.75, 3.05) is 25.0 Å². The van der Waals surface area contributed by atoms with E-state index in [1.54, 1.807) is 0 Å². The average molecular weight is 346 g/mol. The lowest BCUT2D eigenvalue weighted by atomic mass is 9.89. The van der Waals surface area contributed by atoms with E-state index in [1.807, 2.05) is 11.9 Å². The van der Waals surface area contributed by atoms with Gasteiger partial charge in [-0.2, -0.15) is 0 Å². The highest BCUT2D eigenvalue weighted by atomic mass is 79.9. The number of nitrogens with zero attached hydrogens (tertiary/aromatic N) is 2. The molecule has 1 aliphatic rings. The van der Waals surface area contributed by atoms with E-state index < -0.39 is 10.7 Å². The van der Waals surface area contributed by atoms with Gasteiger partial charge in [0, 0.05) is 30.8 Å². The van der Waals surface area contributed by atoms with E-state index in [4.69, 9.17) is 0 Å². The van der Waals surface area contributed by atoms with Crippen LogP contribution in [0.3, 0.4) is 0 Å². The predicted octanol–water partition coefficient (Wildman–Crippen LogP) is 3.07. The fraction of sp³-hybridized carbons (Fsp3) is 0.538. The van der Waals surface area contributed by atoms with Crippen LogP contribution in [0.4, 0.5) is 15.8 Å². The van der Waals surface area contributed by atoms with E-state index in [2.05, 4.69) is 28.2 Å². The molecule has 0 spiro atoms. The van der Waals surface area contributed by atoms with Gasteiger partial charge in [-0.1, -0.05) is 0 Å². The van der Waals surface area contributed by atoms with Gasteiger partial charge in [-0.3, -0.25) is 10.1 Å². The maximum Gasteiger partial charge on any atom is 0.293 e. The Balaban J connectivity index is 2.30. The average Bonchev–Trinajstić information content (AvgIpc) is 2.42. The molecule has 1 aromatic rings. The lowest BCUT2D eigenvalue weighted by Gasteiger charge is -2.40. The third-order valence-corrected chi connectivity index (χ3v) is 4.63. The minimum atomic E-state index is -0.479. The van der Waals surface area contributed by atoms with Crippen molar-refractivity contribution in [3.8, 4) is 0 Å². The minimum absolute atomic E-state index is 0.0409. The zero-order chi connectivity index (χ0) is 14.9. The number of rotatable bonds is 3. The number of anilines is 1. The van der Waals surface area contributed by atoms with Crippen LogP contribution in [-0.4, -0.2) is 30.6 Å². The van der Waals surface area contributed by atoms with Gasteiger partial charge in [0.15, 0.2) is 0 Å². The molecule has 0 aromatic heterocycles. The Kier molecular flexibility index (Phi) is 4.29. The van der Waals surface area contributed by atoms with E-state index in [9.17, 15) is 14.5 Å². The molecule has 5 nitrogen and oxygen atoms in total. The molecule has 1 fully saturated rings. The second-order valence-electron chi connectivity index (χ2n) is 5.31. The number of nitrogens with one attached hydrogen (secondary N) is 1. The summed E-state index contributed by atoms with van der Waals surface area (Å²) >= 11 is 2.99. The normalized spacial score (nSPS) is 18.1. The van der Waals surface area contributed by atoms with Gasteiger partial charge in [0.2, 0.25) is 0 Å². The van der Waals surface area contributed by atoms with Crippen molar-refractivity contribution in [1.29, 1.82) is 0 Å². The Labute approximate surface area is 125 Å². The number of hydrogen-bond donors (Lipinski definition) is 1. The van der Waals surface area contributed by atoms with E-state index in [-0.39, 0.29) is 15.7 Å².